The molecule has 8 heteroatoms. The summed E-state index contributed by atoms with van der Waals surface area (Å²) in [5.41, 5.74) is 2.04. The minimum Gasteiger partial charge on any atom is -0.371 e. The Labute approximate surface area is 181 Å². The van der Waals surface area contributed by atoms with Crippen LogP contribution in [0.4, 0.5) is 21.5 Å². The second kappa shape index (κ2) is 8.91. The van der Waals surface area contributed by atoms with E-state index in [1.165, 1.54) is 24.3 Å². The molecule has 2 heterocycles. The molecule has 31 heavy (non-hydrogen) atoms. The van der Waals surface area contributed by atoms with E-state index in [2.05, 4.69) is 16.7 Å². The highest BCUT2D eigenvalue weighted by molar-refractivity contribution is 6.00. The van der Waals surface area contributed by atoms with Crippen molar-refractivity contribution in [3.8, 4) is 0 Å². The lowest BCUT2D eigenvalue weighted by Gasteiger charge is -2.37. The van der Waals surface area contributed by atoms with Gasteiger partial charge in [-0.3, -0.25) is 14.9 Å². The van der Waals surface area contributed by atoms with Gasteiger partial charge in [-0.1, -0.05) is 6.92 Å². The molecule has 0 atom stereocenters. The number of rotatable bonds is 4. The monoisotopic (exact) mass is 426 g/mol. The van der Waals surface area contributed by atoms with Crippen LogP contribution >= 0.6 is 0 Å². The van der Waals surface area contributed by atoms with Crippen molar-refractivity contribution in [1.29, 1.82) is 0 Å². The van der Waals surface area contributed by atoms with Crippen LogP contribution in [-0.4, -0.2) is 55.0 Å². The summed E-state index contributed by atoms with van der Waals surface area (Å²) in [7, 11) is 0. The van der Waals surface area contributed by atoms with Gasteiger partial charge >= 0.3 is 0 Å². The number of carbonyl (C=O) groups excluding carboxylic acids is 1. The number of benzene rings is 2. The Kier molecular flexibility index (Phi) is 6.06. The van der Waals surface area contributed by atoms with Crippen molar-refractivity contribution in [3.63, 3.8) is 0 Å². The Morgan fingerprint density at radius 2 is 1.61 bits per heavy atom. The third-order valence-electron chi connectivity index (χ3n) is 6.30. The van der Waals surface area contributed by atoms with Crippen LogP contribution in [0.3, 0.4) is 0 Å². The SMILES string of the molecule is CC1CCN(c2ccc([N+](=O)[O-])cc2C(=O)N2CCN(c3ccc(F)cc3)CC2)CC1. The maximum atomic E-state index is 13.4. The topological polar surface area (TPSA) is 69.9 Å². The van der Waals surface area contributed by atoms with Crippen molar-refractivity contribution in [1.82, 2.24) is 4.90 Å². The van der Waals surface area contributed by atoms with Crippen molar-refractivity contribution in [2.75, 3.05) is 49.1 Å². The van der Waals surface area contributed by atoms with Crippen LogP contribution in [0.5, 0.6) is 0 Å². The van der Waals surface area contributed by atoms with E-state index in [9.17, 15) is 19.3 Å². The molecule has 0 aliphatic carbocycles. The van der Waals surface area contributed by atoms with E-state index in [0.29, 0.717) is 37.7 Å². The number of hydrogen-bond donors (Lipinski definition) is 0. The number of anilines is 2. The van der Waals surface area contributed by atoms with Gasteiger partial charge in [0.1, 0.15) is 5.82 Å². The molecule has 0 aromatic heterocycles. The van der Waals surface area contributed by atoms with E-state index in [1.807, 2.05) is 0 Å². The highest BCUT2D eigenvalue weighted by Crippen LogP contribution is 2.30. The van der Waals surface area contributed by atoms with Crippen molar-refractivity contribution < 1.29 is 14.1 Å². The third-order valence-corrected chi connectivity index (χ3v) is 6.30. The number of non-ortho nitro benzene ring substituents is 1. The molecule has 1 amide bonds. The third kappa shape index (κ3) is 4.62. The molecule has 0 unspecified atom stereocenters. The number of nitrogens with zero attached hydrogens (tertiary/aromatic N) is 4. The fourth-order valence-corrected chi connectivity index (χ4v) is 4.32. The van der Waals surface area contributed by atoms with Crippen LogP contribution in [0.15, 0.2) is 42.5 Å². The summed E-state index contributed by atoms with van der Waals surface area (Å²) in [6.07, 6.45) is 2.09. The standard InChI is InChI=1S/C23H27FN4O3/c1-17-8-10-26(11-9-17)22-7-6-20(28(30)31)16-21(22)23(29)27-14-12-25(13-15-27)19-4-2-18(24)3-5-19/h2-7,16-17H,8-15H2,1H3. The molecule has 2 fully saturated rings. The number of nitro groups is 1. The van der Waals surface area contributed by atoms with Crippen molar-refractivity contribution in [3.05, 3.63) is 64.0 Å². The van der Waals surface area contributed by atoms with Gasteiger partial charge in [-0.15, -0.1) is 0 Å². The first-order chi connectivity index (χ1) is 14.9. The highest BCUT2D eigenvalue weighted by Gasteiger charge is 2.28. The Balaban J connectivity index is 1.52. The summed E-state index contributed by atoms with van der Waals surface area (Å²) in [6.45, 7) is 6.19. The molecule has 0 saturated carbocycles. The Morgan fingerprint density at radius 3 is 2.23 bits per heavy atom. The zero-order chi connectivity index (χ0) is 22.0. The number of carbonyl (C=O) groups is 1. The van der Waals surface area contributed by atoms with Gasteiger partial charge in [-0.05, 0) is 49.1 Å². The van der Waals surface area contributed by atoms with Crippen LogP contribution in [0, 0.1) is 21.8 Å². The predicted molar refractivity (Wildman–Crippen MR) is 118 cm³/mol. The summed E-state index contributed by atoms with van der Waals surface area (Å²) in [4.78, 5) is 30.3. The maximum absolute atomic E-state index is 13.4. The number of halogens is 1. The fourth-order valence-electron chi connectivity index (χ4n) is 4.32. The molecule has 0 radical (unpaired) electrons. The average molecular weight is 426 g/mol. The van der Waals surface area contributed by atoms with Gasteiger partial charge in [0, 0.05) is 57.1 Å². The first-order valence-corrected chi connectivity index (χ1v) is 10.8. The number of nitro benzene ring substituents is 1. The summed E-state index contributed by atoms with van der Waals surface area (Å²) < 4.78 is 13.2. The summed E-state index contributed by atoms with van der Waals surface area (Å²) >= 11 is 0. The molecule has 2 aromatic carbocycles. The Bertz CT molecular complexity index is 950. The maximum Gasteiger partial charge on any atom is 0.270 e. The Morgan fingerprint density at radius 1 is 0.968 bits per heavy atom. The second-order valence-corrected chi connectivity index (χ2v) is 8.38. The Hall–Kier alpha value is -3.16. The van der Waals surface area contributed by atoms with Crippen LogP contribution in [-0.2, 0) is 0 Å². The molecular weight excluding hydrogens is 399 g/mol. The lowest BCUT2D eigenvalue weighted by molar-refractivity contribution is -0.384. The van der Waals surface area contributed by atoms with Crippen LogP contribution in [0.2, 0.25) is 0 Å². The minimum absolute atomic E-state index is 0.0672. The van der Waals surface area contributed by atoms with E-state index in [1.54, 1.807) is 23.1 Å². The number of piperazine rings is 1. The van der Waals surface area contributed by atoms with E-state index in [4.69, 9.17) is 0 Å². The highest BCUT2D eigenvalue weighted by atomic mass is 19.1. The average Bonchev–Trinajstić information content (AvgIpc) is 2.79. The van der Waals surface area contributed by atoms with E-state index in [0.717, 1.165) is 37.3 Å². The largest absolute Gasteiger partial charge is 0.371 e. The van der Waals surface area contributed by atoms with Gasteiger partial charge in [-0.2, -0.15) is 0 Å². The van der Waals surface area contributed by atoms with Crippen LogP contribution in [0.1, 0.15) is 30.1 Å². The first-order valence-electron chi connectivity index (χ1n) is 10.8. The molecule has 2 aliphatic heterocycles. The number of amides is 1. The summed E-state index contributed by atoms with van der Waals surface area (Å²) in [5, 5.41) is 11.3. The van der Waals surface area contributed by atoms with Crippen LogP contribution < -0.4 is 9.80 Å². The lowest BCUT2D eigenvalue weighted by Crippen LogP contribution is -2.49. The summed E-state index contributed by atoms with van der Waals surface area (Å²) in [5.74, 6) is 0.201. The van der Waals surface area contributed by atoms with Gasteiger partial charge in [0.25, 0.3) is 11.6 Å². The van der Waals surface area contributed by atoms with E-state index >= 15 is 0 Å². The van der Waals surface area contributed by atoms with Gasteiger partial charge in [0.05, 0.1) is 16.2 Å². The number of hydrogen-bond acceptors (Lipinski definition) is 5. The molecule has 164 valence electrons. The minimum atomic E-state index is -0.453. The molecule has 0 spiro atoms. The van der Waals surface area contributed by atoms with E-state index < -0.39 is 4.92 Å². The quantitative estimate of drug-likeness (QED) is 0.547. The summed E-state index contributed by atoms with van der Waals surface area (Å²) in [6, 6.07) is 11.0. The van der Waals surface area contributed by atoms with Gasteiger partial charge < -0.3 is 14.7 Å². The molecule has 2 aromatic rings. The van der Waals surface area contributed by atoms with Crippen molar-refractivity contribution >= 4 is 23.0 Å². The molecule has 2 saturated heterocycles. The molecule has 7 nitrogen and oxygen atoms in total. The number of piperidine rings is 1. The van der Waals surface area contributed by atoms with Crippen LogP contribution in [0.25, 0.3) is 0 Å². The van der Waals surface area contributed by atoms with Crippen molar-refractivity contribution in [2.24, 2.45) is 5.92 Å². The predicted octanol–water partition coefficient (Wildman–Crippen LogP) is 3.93. The molecule has 0 N–H and O–H groups in total. The molecule has 2 aliphatic rings. The fraction of sp³-hybridized carbons (Fsp3) is 0.435. The lowest BCUT2D eigenvalue weighted by atomic mass is 9.97. The normalized spacial score (nSPS) is 17.7. The first kappa shape index (κ1) is 21.1. The smallest absolute Gasteiger partial charge is 0.270 e. The van der Waals surface area contributed by atoms with E-state index in [-0.39, 0.29) is 17.4 Å². The molecule has 0 bridgehead atoms. The molecule has 4 rings (SSSR count). The zero-order valence-electron chi connectivity index (χ0n) is 17.7. The zero-order valence-corrected chi connectivity index (χ0v) is 17.7. The second-order valence-electron chi connectivity index (χ2n) is 8.38. The van der Waals surface area contributed by atoms with Gasteiger partial charge in [0.15, 0.2) is 0 Å². The van der Waals surface area contributed by atoms with Crippen molar-refractivity contribution in [2.45, 2.75) is 19.8 Å². The van der Waals surface area contributed by atoms with Gasteiger partial charge in [0.2, 0.25) is 0 Å². The molecular formula is C23H27FN4O3. The van der Waals surface area contributed by atoms with Gasteiger partial charge in [-0.25, -0.2) is 4.39 Å².